The number of rotatable bonds is 17. The molecule has 0 bridgehead atoms. The number of hydroxylamine groups is 2. The highest BCUT2D eigenvalue weighted by atomic mass is 19.1. The number of carbonyl (C=O) groups excluding carboxylic acids is 8. The molecule has 0 aromatic heterocycles. The van der Waals surface area contributed by atoms with Crippen molar-refractivity contribution in [3.05, 3.63) is 89.0 Å². The van der Waals surface area contributed by atoms with Crippen LogP contribution in [-0.4, -0.2) is 105 Å². The number of hydrogen-bond donors (Lipinski definition) is 4. The number of halogens is 2. The first-order valence-electron chi connectivity index (χ1n) is 24.0. The van der Waals surface area contributed by atoms with Crippen LogP contribution in [0.3, 0.4) is 0 Å². The summed E-state index contributed by atoms with van der Waals surface area (Å²) in [5, 5.41) is 28.1. The van der Waals surface area contributed by atoms with E-state index in [2.05, 4.69) is 10.6 Å². The molecule has 16 nitrogen and oxygen atoms in total. The van der Waals surface area contributed by atoms with Crippen LogP contribution in [0.1, 0.15) is 115 Å². The van der Waals surface area contributed by atoms with Gasteiger partial charge in [0, 0.05) is 66.0 Å². The Bertz CT molecular complexity index is 2530. The van der Waals surface area contributed by atoms with Crippen molar-refractivity contribution in [2.45, 2.75) is 140 Å². The molecule has 2 heterocycles. The summed E-state index contributed by atoms with van der Waals surface area (Å²) in [5.41, 5.74) is -4.15. The maximum atomic E-state index is 17.8. The van der Waals surface area contributed by atoms with E-state index < -0.39 is 118 Å². The Labute approximate surface area is 403 Å². The van der Waals surface area contributed by atoms with Gasteiger partial charge in [-0.3, -0.25) is 33.6 Å². The highest BCUT2D eigenvalue weighted by molar-refractivity contribution is 6.02. The second kappa shape index (κ2) is 19.4. The molecule has 2 aromatic rings. The van der Waals surface area contributed by atoms with Gasteiger partial charge in [0.05, 0.1) is 18.2 Å². The molecule has 0 radical (unpaired) electrons. The third-order valence-electron chi connectivity index (χ3n) is 15.8. The van der Waals surface area contributed by atoms with Gasteiger partial charge in [-0.05, 0) is 99.3 Å². The number of benzene rings is 2. The van der Waals surface area contributed by atoms with Gasteiger partial charge < -0.3 is 35.2 Å². The minimum atomic E-state index is -2.36. The third-order valence-corrected chi connectivity index (χ3v) is 15.8. The lowest BCUT2D eigenvalue weighted by molar-refractivity contribution is -0.235. The van der Waals surface area contributed by atoms with Crippen LogP contribution in [0.15, 0.2) is 72.3 Å². The van der Waals surface area contributed by atoms with Gasteiger partial charge in [0.1, 0.15) is 12.8 Å². The number of nitrogens with one attached hydrogen (secondary N) is 2. The van der Waals surface area contributed by atoms with Gasteiger partial charge in [-0.2, -0.15) is 0 Å². The predicted octanol–water partition coefficient (Wildman–Crippen LogP) is 5.13. The molecule has 18 heteroatoms. The van der Waals surface area contributed by atoms with Gasteiger partial charge in [-0.15, -0.1) is 5.06 Å². The van der Waals surface area contributed by atoms with Gasteiger partial charge in [0.2, 0.25) is 11.8 Å². The number of nitrogens with zero attached hydrogens (tertiary/aromatic N) is 1. The van der Waals surface area contributed by atoms with Gasteiger partial charge in [-0.25, -0.2) is 13.6 Å². The number of amides is 4. The fraction of sp³-hybridized carbons (Fsp3) is 0.538. The van der Waals surface area contributed by atoms with Gasteiger partial charge in [-0.1, -0.05) is 56.3 Å². The minimum absolute atomic E-state index is 0.00411. The summed E-state index contributed by atoms with van der Waals surface area (Å²) in [6.45, 7) is 5.48. The van der Waals surface area contributed by atoms with Crippen molar-refractivity contribution in [2.24, 2.45) is 28.6 Å². The predicted molar refractivity (Wildman–Crippen MR) is 244 cm³/mol. The molecular formula is C52H59F2N3O13. The summed E-state index contributed by atoms with van der Waals surface area (Å²) in [6, 6.07) is 13.6. The molecule has 4 amide bonds. The Morgan fingerprint density at radius 2 is 1.64 bits per heavy atom. The minimum Gasteiger partial charge on any atom is -0.390 e. The number of ether oxygens (including phenoxy) is 2. The average molecular weight is 972 g/mol. The van der Waals surface area contributed by atoms with Crippen LogP contribution in [0.5, 0.6) is 0 Å². The first-order valence-corrected chi connectivity index (χ1v) is 24.0. The molecule has 2 saturated heterocycles. The van der Waals surface area contributed by atoms with E-state index in [-0.39, 0.29) is 69.1 Å². The van der Waals surface area contributed by atoms with Crippen molar-refractivity contribution in [3.8, 4) is 0 Å². The summed E-state index contributed by atoms with van der Waals surface area (Å²) >= 11 is 0. The summed E-state index contributed by atoms with van der Waals surface area (Å²) in [7, 11) is 0. The van der Waals surface area contributed by atoms with E-state index in [4.69, 9.17) is 14.3 Å². The Morgan fingerprint density at radius 1 is 0.943 bits per heavy atom. The van der Waals surface area contributed by atoms with E-state index in [1.165, 1.54) is 26.0 Å². The number of anilines is 1. The lowest BCUT2D eigenvalue weighted by atomic mass is 9.44. The number of hydrogen-bond acceptors (Lipinski definition) is 13. The zero-order chi connectivity index (χ0) is 50.5. The van der Waals surface area contributed by atoms with E-state index in [1.807, 2.05) is 24.3 Å². The average Bonchev–Trinajstić information content (AvgIpc) is 3.94. The number of allylic oxidation sites excluding steroid dienone is 4. The monoisotopic (exact) mass is 971 g/mol. The number of imide groups is 1. The van der Waals surface area contributed by atoms with Crippen molar-refractivity contribution in [1.29, 1.82) is 0 Å². The van der Waals surface area contributed by atoms with Crippen LogP contribution >= 0.6 is 0 Å². The number of aliphatic hydroxyl groups excluding tert-OH is 2. The van der Waals surface area contributed by atoms with Crippen LogP contribution in [0.4, 0.5) is 14.5 Å². The van der Waals surface area contributed by atoms with E-state index in [9.17, 15) is 48.6 Å². The number of alkyl halides is 2. The standard InChI is InChI=1S/C52H59F2N3O13/c1-28(20-39(60)29(2)55-43(63)10-5-6-11-46(66)70-57-44(64)16-17-45(57)65)47(67)56-33-9-7-8-31(22-33)21-30-12-14-32(15-13-30)48-68-42-25-35-36-24-38(53)37-23-34(59)18-19-49(37,3)51(36,54)40(61)26-50(35,4)52(42,69-48)41(62)27-58/h7-9,12-15,18-19,22-23,28-29,35-36,38,40,42,48,58,61H,5-6,10-11,16-17,20-21,24-27H2,1-4H3,(H,55,63)(H,56,67)/t28-,29+,35+,36+,38+,40+,42-,48-,49+,50+,51+,52-/m1/s1. The largest absolute Gasteiger partial charge is 0.390 e. The summed E-state index contributed by atoms with van der Waals surface area (Å²) in [5.74, 6) is -6.66. The molecular weight excluding hydrogens is 913 g/mol. The second-order valence-corrected chi connectivity index (χ2v) is 20.2. The van der Waals surface area contributed by atoms with E-state index in [1.54, 1.807) is 38.1 Å². The first-order chi connectivity index (χ1) is 33.1. The Morgan fingerprint density at radius 3 is 2.34 bits per heavy atom. The van der Waals surface area contributed by atoms with E-state index in [0.29, 0.717) is 29.2 Å². The number of aliphatic hydroxyl groups is 2. The van der Waals surface area contributed by atoms with Crippen molar-refractivity contribution in [3.63, 3.8) is 0 Å². The van der Waals surface area contributed by atoms with Crippen molar-refractivity contribution in [1.82, 2.24) is 10.4 Å². The number of unbranched alkanes of at least 4 members (excludes halogenated alkanes) is 1. The summed E-state index contributed by atoms with van der Waals surface area (Å²) < 4.78 is 46.8. The highest BCUT2D eigenvalue weighted by Gasteiger charge is 2.80. The molecule has 70 heavy (non-hydrogen) atoms. The topological polar surface area (TPSA) is 232 Å². The maximum absolute atomic E-state index is 17.8. The van der Waals surface area contributed by atoms with Crippen molar-refractivity contribution in [2.75, 3.05) is 11.9 Å². The van der Waals surface area contributed by atoms with Crippen molar-refractivity contribution >= 4 is 52.6 Å². The van der Waals surface area contributed by atoms with Gasteiger partial charge in [0.15, 0.2) is 34.9 Å². The smallest absolute Gasteiger partial charge is 0.333 e. The molecule has 5 fully saturated rings. The Kier molecular flexibility index (Phi) is 14.0. The Balaban J connectivity index is 0.833. The van der Waals surface area contributed by atoms with Crippen LogP contribution < -0.4 is 10.6 Å². The lowest BCUT2D eigenvalue weighted by Crippen LogP contribution is -2.70. The van der Waals surface area contributed by atoms with Crippen molar-refractivity contribution < 1.29 is 71.7 Å². The maximum Gasteiger partial charge on any atom is 0.333 e. The zero-order valence-electron chi connectivity index (χ0n) is 39.5. The molecule has 6 aliphatic rings. The molecule has 374 valence electrons. The molecule has 12 atom stereocenters. The molecule has 0 unspecified atom stereocenters. The number of fused-ring (bicyclic) bond motifs is 7. The normalized spacial score (nSPS) is 32.8. The van der Waals surface area contributed by atoms with Crippen LogP contribution in [0.25, 0.3) is 0 Å². The lowest BCUT2D eigenvalue weighted by Gasteiger charge is -2.63. The van der Waals surface area contributed by atoms with Crippen LogP contribution in [0.2, 0.25) is 0 Å². The SMILES string of the molecule is C[C@H](CC(=O)[C@H](C)NC(=O)CCCCC(=O)ON1C(=O)CCC1=O)C(=O)Nc1cccc(Cc2ccc([C@@H]3O[C@@H]4C[C@H]5[C@@H]6C[C@H](F)C7=CC(=O)C=C[C@]7(C)[C@@]6(F)[C@@H](O)C[C@]5(C)[C@]4(C(=O)CO)O3)cc2)c1. The quantitative estimate of drug-likeness (QED) is 0.119. The number of Topliss-reactive ketones (excluding diaryl/α,β-unsaturated/α-hetero) is 2. The molecule has 0 spiro atoms. The molecule has 4 aliphatic carbocycles. The first kappa shape index (κ1) is 50.6. The van der Waals surface area contributed by atoms with Gasteiger partial charge in [0.25, 0.3) is 11.8 Å². The van der Waals surface area contributed by atoms with Crippen LogP contribution in [-0.2, 0) is 59.1 Å². The number of carbonyl (C=O) groups is 8. The number of ketones is 3. The molecule has 3 saturated carbocycles. The van der Waals surface area contributed by atoms with E-state index in [0.717, 1.165) is 17.2 Å². The van der Waals surface area contributed by atoms with Crippen LogP contribution in [0, 0.1) is 28.6 Å². The Hall–Kier alpha value is -5.82. The zero-order valence-corrected chi connectivity index (χ0v) is 39.5. The molecule has 2 aliphatic heterocycles. The second-order valence-electron chi connectivity index (χ2n) is 20.2. The summed E-state index contributed by atoms with van der Waals surface area (Å²) in [6.07, 6.45) is -1.27. The molecule has 2 aromatic carbocycles. The molecule has 4 N–H and O–H groups in total. The highest BCUT2D eigenvalue weighted by Crippen LogP contribution is 2.72. The fourth-order valence-corrected chi connectivity index (χ4v) is 12.1. The summed E-state index contributed by atoms with van der Waals surface area (Å²) in [4.78, 5) is 105. The van der Waals surface area contributed by atoms with Gasteiger partial charge >= 0.3 is 5.97 Å². The third kappa shape index (κ3) is 8.85. The van der Waals surface area contributed by atoms with E-state index >= 15 is 8.78 Å². The molecule has 8 rings (SSSR count). The fourth-order valence-electron chi connectivity index (χ4n) is 12.1.